The van der Waals surface area contributed by atoms with Gasteiger partial charge in [-0.05, 0) is 32.6 Å². The molecular weight excluding hydrogens is 216 g/mol. The highest BCUT2D eigenvalue weighted by Gasteiger charge is 2.53. The minimum atomic E-state index is -0.710. The van der Waals surface area contributed by atoms with E-state index < -0.39 is 5.54 Å². The summed E-state index contributed by atoms with van der Waals surface area (Å²) in [5, 5.41) is 2.85. The van der Waals surface area contributed by atoms with Crippen LogP contribution in [0.2, 0.25) is 0 Å². The smallest absolute Gasteiger partial charge is 0.249 e. The largest absolute Gasteiger partial charge is 0.340 e. The molecule has 1 heterocycles. The molecule has 0 aromatic heterocycles. The number of amides is 2. The van der Waals surface area contributed by atoms with Crippen LogP contribution < -0.4 is 5.32 Å². The molecule has 0 spiro atoms. The minimum absolute atomic E-state index is 0.0161. The zero-order valence-corrected chi connectivity index (χ0v) is 10.3. The van der Waals surface area contributed by atoms with Gasteiger partial charge in [-0.15, -0.1) is 12.3 Å². The van der Waals surface area contributed by atoms with Crippen LogP contribution in [0.3, 0.4) is 0 Å². The fourth-order valence-electron chi connectivity index (χ4n) is 2.48. The maximum atomic E-state index is 12.4. The van der Waals surface area contributed by atoms with Crippen molar-refractivity contribution >= 4 is 11.8 Å². The van der Waals surface area contributed by atoms with Gasteiger partial charge in [0.1, 0.15) is 5.54 Å². The quantitative estimate of drug-likeness (QED) is 0.724. The summed E-state index contributed by atoms with van der Waals surface area (Å²) in [6, 6.07) is -0.0726. The first-order valence-corrected chi connectivity index (χ1v) is 6.04. The molecule has 1 saturated carbocycles. The van der Waals surface area contributed by atoms with E-state index in [1.165, 1.54) is 0 Å². The zero-order chi connectivity index (χ0) is 12.6. The summed E-state index contributed by atoms with van der Waals surface area (Å²) < 4.78 is 0. The highest BCUT2D eigenvalue weighted by Crippen LogP contribution is 2.41. The van der Waals surface area contributed by atoms with Crippen LogP contribution in [0.4, 0.5) is 0 Å². The van der Waals surface area contributed by atoms with Crippen LogP contribution in [-0.4, -0.2) is 34.8 Å². The Balaban J connectivity index is 2.20. The molecule has 0 aromatic carbocycles. The number of terminal acetylenes is 1. The maximum absolute atomic E-state index is 12.4. The van der Waals surface area contributed by atoms with Crippen LogP contribution in [0, 0.1) is 18.3 Å². The van der Waals surface area contributed by atoms with E-state index in [9.17, 15) is 9.59 Å². The van der Waals surface area contributed by atoms with Gasteiger partial charge < -0.3 is 10.2 Å². The summed E-state index contributed by atoms with van der Waals surface area (Å²) in [7, 11) is 0. The Morgan fingerprint density at radius 1 is 1.59 bits per heavy atom. The standard InChI is InChI=1S/C13H18N2O2/c1-4-5-9(2)15-8-11(16)14-13(3,12(15)17)10-6-7-10/h1,9-10H,5-8H2,2-3H3,(H,14,16). The predicted molar refractivity (Wildman–Crippen MR) is 63.9 cm³/mol. The molecule has 1 aliphatic carbocycles. The number of carbonyl (C=O) groups is 2. The summed E-state index contributed by atoms with van der Waals surface area (Å²) in [4.78, 5) is 25.8. The van der Waals surface area contributed by atoms with Crippen molar-refractivity contribution in [2.45, 2.75) is 44.7 Å². The van der Waals surface area contributed by atoms with Crippen molar-refractivity contribution in [2.24, 2.45) is 5.92 Å². The van der Waals surface area contributed by atoms with Crippen molar-refractivity contribution in [3.63, 3.8) is 0 Å². The normalized spacial score (nSPS) is 30.8. The van der Waals surface area contributed by atoms with E-state index >= 15 is 0 Å². The second-order valence-corrected chi connectivity index (χ2v) is 5.22. The first kappa shape index (κ1) is 12.0. The van der Waals surface area contributed by atoms with Gasteiger partial charge in [-0.3, -0.25) is 9.59 Å². The fraction of sp³-hybridized carbons (Fsp3) is 0.692. The first-order chi connectivity index (χ1) is 7.99. The SMILES string of the molecule is C#CCC(C)N1CC(=O)NC(C)(C2CC2)C1=O. The molecule has 2 aliphatic rings. The minimum Gasteiger partial charge on any atom is -0.340 e. The van der Waals surface area contributed by atoms with Crippen LogP contribution in [0.1, 0.15) is 33.1 Å². The lowest BCUT2D eigenvalue weighted by atomic mass is 9.90. The average Bonchev–Trinajstić information content (AvgIpc) is 3.07. The van der Waals surface area contributed by atoms with Gasteiger partial charge in [-0.2, -0.15) is 0 Å². The van der Waals surface area contributed by atoms with Gasteiger partial charge in [-0.1, -0.05) is 0 Å². The number of hydrogen-bond acceptors (Lipinski definition) is 2. The number of piperazine rings is 1. The molecule has 2 fully saturated rings. The van der Waals surface area contributed by atoms with Crippen molar-refractivity contribution in [3.05, 3.63) is 0 Å². The van der Waals surface area contributed by atoms with Crippen molar-refractivity contribution in [1.29, 1.82) is 0 Å². The molecule has 1 saturated heterocycles. The third kappa shape index (κ3) is 2.02. The molecule has 1 N–H and O–H groups in total. The van der Waals surface area contributed by atoms with Crippen molar-refractivity contribution in [1.82, 2.24) is 10.2 Å². The molecule has 17 heavy (non-hydrogen) atoms. The molecule has 2 unspecified atom stereocenters. The Morgan fingerprint density at radius 2 is 2.24 bits per heavy atom. The summed E-state index contributed by atoms with van der Waals surface area (Å²) in [5.74, 6) is 2.77. The maximum Gasteiger partial charge on any atom is 0.249 e. The Morgan fingerprint density at radius 3 is 2.76 bits per heavy atom. The van der Waals surface area contributed by atoms with Gasteiger partial charge in [0.05, 0.1) is 6.54 Å². The van der Waals surface area contributed by atoms with Crippen LogP contribution >= 0.6 is 0 Å². The molecule has 2 atom stereocenters. The number of hydrogen-bond donors (Lipinski definition) is 1. The number of rotatable bonds is 3. The molecule has 92 valence electrons. The second-order valence-electron chi connectivity index (χ2n) is 5.22. The summed E-state index contributed by atoms with van der Waals surface area (Å²) >= 11 is 0. The second kappa shape index (κ2) is 4.06. The summed E-state index contributed by atoms with van der Waals surface area (Å²) in [5.41, 5.74) is -0.710. The molecule has 0 bridgehead atoms. The summed E-state index contributed by atoms with van der Waals surface area (Å²) in [6.07, 6.45) is 7.78. The molecule has 4 nitrogen and oxygen atoms in total. The monoisotopic (exact) mass is 234 g/mol. The average molecular weight is 234 g/mol. The fourth-order valence-corrected chi connectivity index (χ4v) is 2.48. The molecule has 2 amide bonds. The lowest BCUT2D eigenvalue weighted by Crippen LogP contribution is -2.67. The number of carbonyl (C=O) groups excluding carboxylic acids is 2. The Labute approximate surface area is 102 Å². The summed E-state index contributed by atoms with van der Waals surface area (Å²) in [6.45, 7) is 3.85. The zero-order valence-electron chi connectivity index (χ0n) is 10.3. The van der Waals surface area contributed by atoms with Gasteiger partial charge in [0.25, 0.3) is 0 Å². The highest BCUT2D eigenvalue weighted by molar-refractivity contribution is 5.98. The van der Waals surface area contributed by atoms with Gasteiger partial charge in [0.2, 0.25) is 11.8 Å². The van der Waals surface area contributed by atoms with E-state index in [0.29, 0.717) is 12.3 Å². The van der Waals surface area contributed by atoms with Crippen molar-refractivity contribution < 1.29 is 9.59 Å². The molecular formula is C13H18N2O2. The van der Waals surface area contributed by atoms with Crippen molar-refractivity contribution in [3.8, 4) is 12.3 Å². The highest BCUT2D eigenvalue weighted by atomic mass is 16.2. The van der Waals surface area contributed by atoms with E-state index in [1.54, 1.807) is 4.90 Å². The third-order valence-corrected chi connectivity index (χ3v) is 3.76. The molecule has 2 rings (SSSR count). The number of nitrogens with one attached hydrogen (secondary N) is 1. The molecule has 4 heteroatoms. The van der Waals surface area contributed by atoms with Crippen LogP contribution in [-0.2, 0) is 9.59 Å². The topological polar surface area (TPSA) is 49.4 Å². The first-order valence-electron chi connectivity index (χ1n) is 6.04. The van der Waals surface area contributed by atoms with E-state index in [1.807, 2.05) is 13.8 Å². The van der Waals surface area contributed by atoms with E-state index in [4.69, 9.17) is 6.42 Å². The predicted octanol–water partition coefficient (Wildman–Crippen LogP) is 0.525. The Hall–Kier alpha value is -1.50. The van der Waals surface area contributed by atoms with Gasteiger partial charge >= 0.3 is 0 Å². The van der Waals surface area contributed by atoms with E-state index in [-0.39, 0.29) is 24.4 Å². The molecule has 0 radical (unpaired) electrons. The Kier molecular flexibility index (Phi) is 2.86. The van der Waals surface area contributed by atoms with E-state index in [2.05, 4.69) is 11.2 Å². The lowest BCUT2D eigenvalue weighted by molar-refractivity contribution is -0.152. The van der Waals surface area contributed by atoms with E-state index in [0.717, 1.165) is 12.8 Å². The van der Waals surface area contributed by atoms with Gasteiger partial charge in [-0.25, -0.2) is 0 Å². The number of nitrogens with zero attached hydrogens (tertiary/aromatic N) is 1. The third-order valence-electron chi connectivity index (χ3n) is 3.76. The van der Waals surface area contributed by atoms with Crippen molar-refractivity contribution in [2.75, 3.05) is 6.54 Å². The van der Waals surface area contributed by atoms with Crippen LogP contribution in [0.5, 0.6) is 0 Å². The molecule has 0 aromatic rings. The molecule has 1 aliphatic heterocycles. The van der Waals surface area contributed by atoms with Crippen LogP contribution in [0.25, 0.3) is 0 Å². The Bertz CT molecular complexity index is 395. The van der Waals surface area contributed by atoms with Gasteiger partial charge in [0.15, 0.2) is 0 Å². The lowest BCUT2D eigenvalue weighted by Gasteiger charge is -2.42. The van der Waals surface area contributed by atoms with Gasteiger partial charge in [0, 0.05) is 12.5 Å². The van der Waals surface area contributed by atoms with Crippen LogP contribution in [0.15, 0.2) is 0 Å².